The molecule has 0 saturated heterocycles. The minimum Gasteiger partial charge on any atom is -0.461 e. The summed E-state index contributed by atoms with van der Waals surface area (Å²) in [6.45, 7) is 0.623. The van der Waals surface area contributed by atoms with Gasteiger partial charge >= 0.3 is 6.09 Å². The molecule has 1 heterocycles. The van der Waals surface area contributed by atoms with E-state index in [0.29, 0.717) is 25.1 Å². The van der Waals surface area contributed by atoms with Crippen LogP contribution in [0.15, 0.2) is 53.1 Å². The van der Waals surface area contributed by atoms with Crippen LogP contribution in [-0.2, 0) is 11.3 Å². The Bertz CT molecular complexity index is 563. The smallest absolute Gasteiger partial charge is 0.407 e. The van der Waals surface area contributed by atoms with Gasteiger partial charge in [-0.05, 0) is 24.1 Å². The number of ketones is 1. The summed E-state index contributed by atoms with van der Waals surface area (Å²) in [6.07, 6.45) is 1.85. The summed E-state index contributed by atoms with van der Waals surface area (Å²) < 4.78 is 10.1. The molecule has 0 aliphatic carbocycles. The van der Waals surface area contributed by atoms with Crippen LogP contribution in [0.5, 0.6) is 0 Å². The van der Waals surface area contributed by atoms with Crippen LogP contribution in [0.4, 0.5) is 4.79 Å². The number of hydrogen-bond acceptors (Lipinski definition) is 4. The summed E-state index contributed by atoms with van der Waals surface area (Å²) in [4.78, 5) is 23.1. The molecular formula is C16H17NO4. The molecule has 110 valence electrons. The molecule has 1 aromatic heterocycles. The second kappa shape index (κ2) is 7.89. The van der Waals surface area contributed by atoms with E-state index < -0.39 is 6.09 Å². The Labute approximate surface area is 122 Å². The van der Waals surface area contributed by atoms with Crippen molar-refractivity contribution in [1.82, 2.24) is 5.32 Å². The molecule has 0 radical (unpaired) electrons. The van der Waals surface area contributed by atoms with Gasteiger partial charge in [0, 0.05) is 13.0 Å². The summed E-state index contributed by atoms with van der Waals surface area (Å²) >= 11 is 0. The average molecular weight is 287 g/mol. The second-order valence-electron chi connectivity index (χ2n) is 4.49. The zero-order valence-electron chi connectivity index (χ0n) is 11.6. The number of amides is 1. The molecule has 1 N–H and O–H groups in total. The van der Waals surface area contributed by atoms with Crippen LogP contribution in [-0.4, -0.2) is 18.4 Å². The van der Waals surface area contributed by atoms with Gasteiger partial charge in [0.05, 0.1) is 6.26 Å². The quantitative estimate of drug-likeness (QED) is 0.627. The normalized spacial score (nSPS) is 10.1. The van der Waals surface area contributed by atoms with Gasteiger partial charge in [-0.2, -0.15) is 0 Å². The molecular weight excluding hydrogens is 270 g/mol. The summed E-state index contributed by atoms with van der Waals surface area (Å²) in [6, 6.07) is 12.7. The van der Waals surface area contributed by atoms with Crippen molar-refractivity contribution in [2.24, 2.45) is 0 Å². The first-order valence-electron chi connectivity index (χ1n) is 6.77. The van der Waals surface area contributed by atoms with Crippen molar-refractivity contribution in [2.75, 3.05) is 6.54 Å². The summed E-state index contributed by atoms with van der Waals surface area (Å²) in [5, 5.41) is 2.61. The van der Waals surface area contributed by atoms with Crippen LogP contribution >= 0.6 is 0 Å². The number of alkyl carbamates (subject to hydrolysis) is 1. The fraction of sp³-hybridized carbons (Fsp3) is 0.250. The highest BCUT2D eigenvalue weighted by molar-refractivity contribution is 5.93. The van der Waals surface area contributed by atoms with E-state index in [-0.39, 0.29) is 12.4 Å². The molecule has 0 unspecified atom stereocenters. The summed E-state index contributed by atoms with van der Waals surface area (Å²) in [5.41, 5.74) is 0.931. The van der Waals surface area contributed by atoms with Crippen molar-refractivity contribution in [1.29, 1.82) is 0 Å². The van der Waals surface area contributed by atoms with Gasteiger partial charge in [0.15, 0.2) is 11.5 Å². The fourth-order valence-corrected chi connectivity index (χ4v) is 1.77. The Balaban J connectivity index is 1.58. The monoisotopic (exact) mass is 287 g/mol. The van der Waals surface area contributed by atoms with Gasteiger partial charge in [0.1, 0.15) is 6.61 Å². The molecule has 5 heteroatoms. The van der Waals surface area contributed by atoms with Crippen molar-refractivity contribution < 1.29 is 18.7 Å². The van der Waals surface area contributed by atoms with Crippen molar-refractivity contribution >= 4 is 11.9 Å². The van der Waals surface area contributed by atoms with Gasteiger partial charge in [-0.1, -0.05) is 30.3 Å². The maximum atomic E-state index is 11.6. The number of carbonyl (C=O) groups is 2. The topological polar surface area (TPSA) is 68.5 Å². The van der Waals surface area contributed by atoms with Gasteiger partial charge in [-0.15, -0.1) is 0 Å². The lowest BCUT2D eigenvalue weighted by molar-refractivity contribution is 0.0951. The lowest BCUT2D eigenvalue weighted by atomic mass is 10.2. The Morgan fingerprint density at radius 3 is 2.62 bits per heavy atom. The number of Topliss-reactive ketones (excluding diaryl/α,β-unsaturated/α-hetero) is 1. The Morgan fingerprint density at radius 1 is 1.10 bits per heavy atom. The molecule has 1 aromatic carbocycles. The van der Waals surface area contributed by atoms with E-state index >= 15 is 0 Å². The SMILES string of the molecule is O=C(NCCCC(=O)c1ccco1)OCc1ccccc1. The zero-order valence-corrected chi connectivity index (χ0v) is 11.6. The molecule has 0 atom stereocenters. The van der Waals surface area contributed by atoms with Crippen molar-refractivity contribution in [3.63, 3.8) is 0 Å². The third-order valence-electron chi connectivity index (χ3n) is 2.86. The van der Waals surface area contributed by atoms with E-state index in [0.717, 1.165) is 5.56 Å². The molecule has 1 amide bonds. The van der Waals surface area contributed by atoms with Gasteiger partial charge in [0.2, 0.25) is 0 Å². The van der Waals surface area contributed by atoms with Crippen LogP contribution in [0.25, 0.3) is 0 Å². The molecule has 0 aliphatic rings. The molecule has 0 aliphatic heterocycles. The minimum absolute atomic E-state index is 0.0700. The van der Waals surface area contributed by atoms with Crippen LogP contribution in [0.3, 0.4) is 0 Å². The molecule has 0 bridgehead atoms. The lowest BCUT2D eigenvalue weighted by Crippen LogP contribution is -2.25. The van der Waals surface area contributed by atoms with E-state index in [9.17, 15) is 9.59 Å². The summed E-state index contributed by atoms with van der Waals surface area (Å²) in [7, 11) is 0. The Kier molecular flexibility index (Phi) is 5.58. The maximum Gasteiger partial charge on any atom is 0.407 e. The van der Waals surface area contributed by atoms with Crippen LogP contribution in [0.2, 0.25) is 0 Å². The third kappa shape index (κ3) is 5.14. The van der Waals surface area contributed by atoms with Crippen LogP contribution in [0.1, 0.15) is 29.0 Å². The first kappa shape index (κ1) is 14.8. The highest BCUT2D eigenvalue weighted by Gasteiger charge is 2.08. The van der Waals surface area contributed by atoms with E-state index in [1.165, 1.54) is 6.26 Å². The first-order valence-corrected chi connectivity index (χ1v) is 6.77. The maximum absolute atomic E-state index is 11.6. The van der Waals surface area contributed by atoms with Crippen molar-refractivity contribution in [2.45, 2.75) is 19.4 Å². The molecule has 2 rings (SSSR count). The number of hydrogen-bond donors (Lipinski definition) is 1. The third-order valence-corrected chi connectivity index (χ3v) is 2.86. The number of nitrogens with one attached hydrogen (secondary N) is 1. The van der Waals surface area contributed by atoms with Gasteiger partial charge < -0.3 is 14.5 Å². The number of benzene rings is 1. The average Bonchev–Trinajstić information content (AvgIpc) is 3.05. The van der Waals surface area contributed by atoms with E-state index in [1.807, 2.05) is 30.3 Å². The molecule has 5 nitrogen and oxygen atoms in total. The number of furan rings is 1. The van der Waals surface area contributed by atoms with E-state index in [1.54, 1.807) is 12.1 Å². The lowest BCUT2D eigenvalue weighted by Gasteiger charge is -2.06. The number of ether oxygens (including phenoxy) is 1. The fourth-order valence-electron chi connectivity index (χ4n) is 1.77. The van der Waals surface area contributed by atoms with Gasteiger partial charge in [0.25, 0.3) is 0 Å². The predicted octanol–water partition coefficient (Wildman–Crippen LogP) is 3.17. The van der Waals surface area contributed by atoms with Gasteiger partial charge in [-0.25, -0.2) is 4.79 Å². The standard InChI is InChI=1S/C16H17NO4/c18-14(15-9-5-11-20-15)8-4-10-17-16(19)21-12-13-6-2-1-3-7-13/h1-3,5-7,9,11H,4,8,10,12H2,(H,17,19). The highest BCUT2D eigenvalue weighted by Crippen LogP contribution is 2.05. The second-order valence-corrected chi connectivity index (χ2v) is 4.49. The van der Waals surface area contributed by atoms with Crippen molar-refractivity contribution in [3.05, 3.63) is 60.1 Å². The minimum atomic E-state index is -0.482. The number of carbonyl (C=O) groups excluding carboxylic acids is 2. The van der Waals surface area contributed by atoms with Crippen LogP contribution in [0, 0.1) is 0 Å². The first-order chi connectivity index (χ1) is 10.3. The Hall–Kier alpha value is -2.56. The molecule has 2 aromatic rings. The van der Waals surface area contributed by atoms with E-state index in [4.69, 9.17) is 9.15 Å². The molecule has 0 saturated carbocycles. The Morgan fingerprint density at radius 2 is 1.90 bits per heavy atom. The van der Waals surface area contributed by atoms with Crippen LogP contribution < -0.4 is 5.32 Å². The molecule has 0 spiro atoms. The molecule has 21 heavy (non-hydrogen) atoms. The largest absolute Gasteiger partial charge is 0.461 e. The predicted molar refractivity (Wildman–Crippen MR) is 76.9 cm³/mol. The number of rotatable bonds is 7. The highest BCUT2D eigenvalue weighted by atomic mass is 16.5. The van der Waals surface area contributed by atoms with Crippen molar-refractivity contribution in [3.8, 4) is 0 Å². The van der Waals surface area contributed by atoms with Gasteiger partial charge in [-0.3, -0.25) is 4.79 Å². The molecule has 0 fully saturated rings. The zero-order chi connectivity index (χ0) is 14.9. The van der Waals surface area contributed by atoms with E-state index in [2.05, 4.69) is 5.32 Å². The summed E-state index contributed by atoms with van der Waals surface area (Å²) in [5.74, 6) is 0.279.